The van der Waals surface area contributed by atoms with Crippen molar-refractivity contribution in [1.82, 2.24) is 4.90 Å². The van der Waals surface area contributed by atoms with Crippen LogP contribution in [0.25, 0.3) is 6.08 Å². The van der Waals surface area contributed by atoms with Crippen molar-refractivity contribution in [3.05, 3.63) is 64.3 Å². The molecule has 1 aliphatic rings. The summed E-state index contributed by atoms with van der Waals surface area (Å²) in [6.07, 6.45) is 1.80. The summed E-state index contributed by atoms with van der Waals surface area (Å²) in [5.74, 6) is 2.41. The van der Waals surface area contributed by atoms with E-state index in [4.69, 9.17) is 21.7 Å². The van der Waals surface area contributed by atoms with E-state index in [-0.39, 0.29) is 11.7 Å². The number of ether oxygens (including phenoxy) is 2. The minimum absolute atomic E-state index is 0.102. The summed E-state index contributed by atoms with van der Waals surface area (Å²) >= 11 is 8.11. The first-order valence-corrected chi connectivity index (χ1v) is 11.2. The Labute approximate surface area is 183 Å². The summed E-state index contributed by atoms with van der Waals surface area (Å²) in [5, 5.41) is 0. The van der Waals surface area contributed by atoms with E-state index < -0.39 is 0 Å². The van der Waals surface area contributed by atoms with Crippen LogP contribution in [0.15, 0.2) is 47.4 Å². The number of hydrogen-bond donors (Lipinski definition) is 0. The molecule has 0 aromatic heterocycles. The van der Waals surface area contributed by atoms with Crippen molar-refractivity contribution in [2.75, 3.05) is 26.5 Å². The monoisotopic (exact) mass is 449 g/mol. The number of rotatable bonds is 8. The second-order valence-corrected chi connectivity index (χ2v) is 8.96. The van der Waals surface area contributed by atoms with Gasteiger partial charge in [0.05, 0.1) is 18.6 Å². The normalized spacial score (nSPS) is 15.3. The third-order valence-electron chi connectivity index (χ3n) is 4.11. The zero-order chi connectivity index (χ0) is 20.8. The minimum atomic E-state index is -0.217. The highest BCUT2D eigenvalue weighted by molar-refractivity contribution is 8.26. The number of carbonyl (C=O) groups excluding carboxylic acids is 1. The summed E-state index contributed by atoms with van der Waals surface area (Å²) in [7, 11) is 3.25. The van der Waals surface area contributed by atoms with Gasteiger partial charge in [0.1, 0.15) is 10.1 Å². The summed E-state index contributed by atoms with van der Waals surface area (Å²) < 4.78 is 25.0. The third kappa shape index (κ3) is 5.74. The topological polar surface area (TPSA) is 38.8 Å². The molecule has 3 rings (SSSR count). The maximum absolute atomic E-state index is 13.2. The smallest absolute Gasteiger partial charge is 0.265 e. The first kappa shape index (κ1) is 21.7. The van der Waals surface area contributed by atoms with Crippen LogP contribution < -0.4 is 9.47 Å². The van der Waals surface area contributed by atoms with Crippen molar-refractivity contribution >= 4 is 52.0 Å². The van der Waals surface area contributed by atoms with Crippen LogP contribution in [0.4, 0.5) is 4.39 Å². The van der Waals surface area contributed by atoms with Crippen LogP contribution in [0.5, 0.6) is 11.5 Å². The number of nitrogens with zero attached hydrogens (tertiary/aromatic N) is 1. The molecule has 8 heteroatoms. The average molecular weight is 450 g/mol. The van der Waals surface area contributed by atoms with Crippen LogP contribution in [-0.2, 0) is 10.5 Å². The fourth-order valence-corrected chi connectivity index (χ4v) is 4.56. The fourth-order valence-electron chi connectivity index (χ4n) is 2.62. The van der Waals surface area contributed by atoms with Crippen molar-refractivity contribution in [3.63, 3.8) is 0 Å². The highest BCUT2D eigenvalue weighted by atomic mass is 32.2. The van der Waals surface area contributed by atoms with E-state index in [1.54, 1.807) is 44.1 Å². The maximum atomic E-state index is 13.2. The molecule has 0 saturated carbocycles. The molecule has 4 nitrogen and oxygen atoms in total. The van der Waals surface area contributed by atoms with Gasteiger partial charge < -0.3 is 9.47 Å². The van der Waals surface area contributed by atoms with Crippen LogP contribution in [0.1, 0.15) is 11.1 Å². The second-order valence-electron chi connectivity index (χ2n) is 6.18. The first-order chi connectivity index (χ1) is 14.0. The Kier molecular flexibility index (Phi) is 7.57. The number of methoxy groups -OCH3 is 1. The molecule has 2 aromatic rings. The van der Waals surface area contributed by atoms with Crippen molar-refractivity contribution in [3.8, 4) is 11.5 Å². The van der Waals surface area contributed by atoms with Gasteiger partial charge in [0.25, 0.3) is 5.91 Å². The molecule has 0 atom stereocenters. The van der Waals surface area contributed by atoms with Gasteiger partial charge in [-0.05, 0) is 41.5 Å². The Bertz CT molecular complexity index is 949. The second kappa shape index (κ2) is 10.1. The molecular formula is C21H20FNO3S3. The van der Waals surface area contributed by atoms with Gasteiger partial charge >= 0.3 is 0 Å². The van der Waals surface area contributed by atoms with Crippen molar-refractivity contribution in [1.29, 1.82) is 0 Å². The molecule has 1 heterocycles. The first-order valence-electron chi connectivity index (χ1n) is 8.82. The van der Waals surface area contributed by atoms with E-state index in [1.165, 1.54) is 22.7 Å². The highest BCUT2D eigenvalue weighted by Gasteiger charge is 2.28. The molecular weight excluding hydrogens is 429 g/mol. The van der Waals surface area contributed by atoms with Gasteiger partial charge in [0, 0.05) is 18.6 Å². The lowest BCUT2D eigenvalue weighted by Crippen LogP contribution is -2.22. The summed E-state index contributed by atoms with van der Waals surface area (Å²) in [4.78, 5) is 14.2. The van der Waals surface area contributed by atoms with E-state index in [1.807, 2.05) is 24.3 Å². The standard InChI is InChI=1S/C21H20FNO3S3/c1-23-20(24)19(29-21(23)27)12-14-6-7-17(18(11-14)25-2)26-8-9-28-13-15-4-3-5-16(22)10-15/h3-7,10-12H,8-9,13H2,1-2H3. The Morgan fingerprint density at radius 2 is 2.07 bits per heavy atom. The van der Waals surface area contributed by atoms with Crippen LogP contribution >= 0.6 is 35.7 Å². The molecule has 0 radical (unpaired) electrons. The van der Waals surface area contributed by atoms with Gasteiger partial charge in [0.2, 0.25) is 0 Å². The molecule has 1 saturated heterocycles. The molecule has 0 unspecified atom stereocenters. The van der Waals surface area contributed by atoms with Crippen molar-refractivity contribution in [2.45, 2.75) is 5.75 Å². The van der Waals surface area contributed by atoms with Gasteiger partial charge in [-0.25, -0.2) is 4.39 Å². The molecule has 0 spiro atoms. The lowest BCUT2D eigenvalue weighted by molar-refractivity contribution is -0.121. The predicted molar refractivity (Wildman–Crippen MR) is 122 cm³/mol. The number of thiocarbonyl (C=S) groups is 1. The van der Waals surface area contributed by atoms with E-state index in [9.17, 15) is 9.18 Å². The van der Waals surface area contributed by atoms with Gasteiger partial charge in [-0.1, -0.05) is 42.2 Å². The highest BCUT2D eigenvalue weighted by Crippen LogP contribution is 2.34. The fraction of sp³-hybridized carbons (Fsp3) is 0.238. The number of amides is 1. The minimum Gasteiger partial charge on any atom is -0.493 e. The number of thioether (sulfide) groups is 2. The number of carbonyl (C=O) groups is 1. The molecule has 1 amide bonds. The number of likely N-dealkylation sites (N-methyl/N-ethyl adjacent to an activating group) is 1. The van der Waals surface area contributed by atoms with Crippen molar-refractivity contribution < 1.29 is 18.7 Å². The summed E-state index contributed by atoms with van der Waals surface area (Å²) in [6.45, 7) is 0.504. The lowest BCUT2D eigenvalue weighted by Gasteiger charge is -2.11. The zero-order valence-corrected chi connectivity index (χ0v) is 18.5. The molecule has 0 aliphatic carbocycles. The molecule has 0 N–H and O–H groups in total. The lowest BCUT2D eigenvalue weighted by atomic mass is 10.2. The maximum Gasteiger partial charge on any atom is 0.265 e. The van der Waals surface area contributed by atoms with Gasteiger partial charge in [-0.2, -0.15) is 11.8 Å². The van der Waals surface area contributed by atoms with Gasteiger partial charge in [0.15, 0.2) is 11.5 Å². The Hall–Kier alpha value is -2.03. The Morgan fingerprint density at radius 3 is 2.76 bits per heavy atom. The van der Waals surface area contributed by atoms with Gasteiger partial charge in [-0.3, -0.25) is 9.69 Å². The van der Waals surface area contributed by atoms with E-state index in [2.05, 4.69) is 0 Å². The third-order valence-corrected chi connectivity index (χ3v) is 6.59. The number of hydrogen-bond acceptors (Lipinski definition) is 6. The van der Waals surface area contributed by atoms with Crippen LogP contribution in [-0.4, -0.2) is 41.6 Å². The predicted octanol–water partition coefficient (Wildman–Crippen LogP) is 4.98. The SMILES string of the molecule is COc1cc(C=C2SC(=S)N(C)C2=O)ccc1OCCSCc1cccc(F)c1. The van der Waals surface area contributed by atoms with E-state index in [0.29, 0.717) is 27.3 Å². The number of benzene rings is 2. The Morgan fingerprint density at radius 1 is 1.24 bits per heavy atom. The van der Waals surface area contributed by atoms with Crippen LogP contribution in [0.3, 0.4) is 0 Å². The van der Waals surface area contributed by atoms with Crippen LogP contribution in [0.2, 0.25) is 0 Å². The average Bonchev–Trinajstić information content (AvgIpc) is 2.95. The van der Waals surface area contributed by atoms with E-state index in [0.717, 1.165) is 22.6 Å². The molecule has 29 heavy (non-hydrogen) atoms. The quantitative estimate of drug-likeness (QED) is 0.322. The molecule has 2 aromatic carbocycles. The zero-order valence-electron chi connectivity index (χ0n) is 16.0. The molecule has 1 fully saturated rings. The van der Waals surface area contributed by atoms with Crippen molar-refractivity contribution in [2.24, 2.45) is 0 Å². The molecule has 1 aliphatic heterocycles. The number of halogens is 1. The van der Waals surface area contributed by atoms with E-state index >= 15 is 0 Å². The molecule has 0 bridgehead atoms. The van der Waals surface area contributed by atoms with Gasteiger partial charge in [-0.15, -0.1) is 0 Å². The largest absolute Gasteiger partial charge is 0.493 e. The molecule has 152 valence electrons. The summed E-state index contributed by atoms with van der Waals surface area (Å²) in [5.41, 5.74) is 1.79. The Balaban J connectivity index is 1.55. The summed E-state index contributed by atoms with van der Waals surface area (Å²) in [6, 6.07) is 12.1. The van der Waals surface area contributed by atoms with Crippen LogP contribution in [0, 0.1) is 5.82 Å².